The normalized spacial score (nSPS) is 11.4. The summed E-state index contributed by atoms with van der Waals surface area (Å²) in [5.41, 5.74) is 0.499. The van der Waals surface area contributed by atoms with Gasteiger partial charge in [0, 0.05) is 5.56 Å². The molecule has 20 heavy (non-hydrogen) atoms. The molecule has 0 amide bonds. The molecule has 0 saturated heterocycles. The summed E-state index contributed by atoms with van der Waals surface area (Å²) in [6.45, 7) is -0.359. The standard InChI is InChI=1S/C13H9F4NO2/c14-11-6-3-9(7-19)18-12(11)8-1-4-10(5-2-8)20-13(15,16)17/h1-6,19H,7H2. The van der Waals surface area contributed by atoms with Gasteiger partial charge in [0.15, 0.2) is 0 Å². The van der Waals surface area contributed by atoms with E-state index in [1.807, 2.05) is 0 Å². The zero-order valence-electron chi connectivity index (χ0n) is 9.99. The summed E-state index contributed by atoms with van der Waals surface area (Å²) in [6.07, 6.45) is -4.78. The SMILES string of the molecule is OCc1ccc(F)c(-c2ccc(OC(F)(F)F)cc2)n1. The Balaban J connectivity index is 2.30. The molecule has 0 bridgehead atoms. The van der Waals surface area contributed by atoms with Crippen molar-refractivity contribution in [2.24, 2.45) is 0 Å². The van der Waals surface area contributed by atoms with Crippen LogP contribution in [0.3, 0.4) is 0 Å². The molecular formula is C13H9F4NO2. The van der Waals surface area contributed by atoms with Crippen LogP contribution in [0.5, 0.6) is 5.75 Å². The van der Waals surface area contributed by atoms with Gasteiger partial charge in [0.25, 0.3) is 0 Å². The lowest BCUT2D eigenvalue weighted by molar-refractivity contribution is -0.274. The van der Waals surface area contributed by atoms with Gasteiger partial charge in [0.2, 0.25) is 0 Å². The second-order valence-corrected chi connectivity index (χ2v) is 3.86. The van der Waals surface area contributed by atoms with E-state index < -0.39 is 17.9 Å². The molecule has 0 unspecified atom stereocenters. The van der Waals surface area contributed by atoms with Gasteiger partial charge in [-0.2, -0.15) is 0 Å². The Morgan fingerprint density at radius 3 is 2.25 bits per heavy atom. The number of nitrogens with zero attached hydrogens (tertiary/aromatic N) is 1. The van der Waals surface area contributed by atoms with Crippen LogP contribution in [0.2, 0.25) is 0 Å². The maximum absolute atomic E-state index is 13.6. The van der Waals surface area contributed by atoms with Crippen LogP contribution in [-0.2, 0) is 6.61 Å². The molecule has 3 nitrogen and oxygen atoms in total. The average Bonchev–Trinajstić information content (AvgIpc) is 2.39. The average molecular weight is 287 g/mol. The third-order valence-corrected chi connectivity index (χ3v) is 2.43. The topological polar surface area (TPSA) is 42.4 Å². The van der Waals surface area contributed by atoms with E-state index in [0.717, 1.165) is 18.2 Å². The Morgan fingerprint density at radius 2 is 1.70 bits per heavy atom. The number of halogens is 4. The summed E-state index contributed by atoms with van der Waals surface area (Å²) in [4.78, 5) is 3.88. The zero-order chi connectivity index (χ0) is 14.8. The maximum atomic E-state index is 13.6. The molecule has 0 spiro atoms. The first-order valence-corrected chi connectivity index (χ1v) is 5.51. The number of ether oxygens (including phenoxy) is 1. The van der Waals surface area contributed by atoms with Gasteiger partial charge in [-0.15, -0.1) is 13.2 Å². The first kappa shape index (κ1) is 14.3. The Bertz CT molecular complexity index is 596. The van der Waals surface area contributed by atoms with Crippen LogP contribution in [0.15, 0.2) is 36.4 Å². The summed E-state index contributed by atoms with van der Waals surface area (Å²) in [5, 5.41) is 8.94. The molecule has 0 aliphatic carbocycles. The maximum Gasteiger partial charge on any atom is 0.573 e. The van der Waals surface area contributed by atoms with Crippen LogP contribution in [0.1, 0.15) is 5.69 Å². The summed E-state index contributed by atoms with van der Waals surface area (Å²) >= 11 is 0. The van der Waals surface area contributed by atoms with E-state index in [1.165, 1.54) is 18.2 Å². The number of benzene rings is 1. The molecular weight excluding hydrogens is 278 g/mol. The fourth-order valence-corrected chi connectivity index (χ4v) is 1.59. The van der Waals surface area contributed by atoms with Gasteiger partial charge in [-0.1, -0.05) is 0 Å². The zero-order valence-corrected chi connectivity index (χ0v) is 9.99. The van der Waals surface area contributed by atoms with Crippen molar-refractivity contribution in [2.75, 3.05) is 0 Å². The van der Waals surface area contributed by atoms with Gasteiger partial charge in [-0.05, 0) is 36.4 Å². The van der Waals surface area contributed by atoms with Gasteiger partial charge >= 0.3 is 6.36 Å². The van der Waals surface area contributed by atoms with E-state index in [2.05, 4.69) is 9.72 Å². The van der Waals surface area contributed by atoms with Crippen LogP contribution >= 0.6 is 0 Å². The first-order valence-electron chi connectivity index (χ1n) is 5.51. The van der Waals surface area contributed by atoms with Gasteiger partial charge in [-0.3, -0.25) is 0 Å². The fraction of sp³-hybridized carbons (Fsp3) is 0.154. The smallest absolute Gasteiger partial charge is 0.406 e. The molecule has 7 heteroatoms. The van der Waals surface area contributed by atoms with Crippen molar-refractivity contribution in [1.82, 2.24) is 4.98 Å². The summed E-state index contributed by atoms with van der Waals surface area (Å²) in [7, 11) is 0. The van der Waals surface area contributed by atoms with Crippen LogP contribution in [-0.4, -0.2) is 16.5 Å². The minimum Gasteiger partial charge on any atom is -0.406 e. The van der Waals surface area contributed by atoms with Gasteiger partial charge < -0.3 is 9.84 Å². The largest absolute Gasteiger partial charge is 0.573 e. The molecule has 0 fully saturated rings. The molecule has 1 aromatic carbocycles. The lowest BCUT2D eigenvalue weighted by Gasteiger charge is -2.09. The first-order chi connectivity index (χ1) is 9.39. The molecule has 0 aliphatic heterocycles. The predicted octanol–water partition coefficient (Wildman–Crippen LogP) is 3.28. The van der Waals surface area contributed by atoms with E-state index in [4.69, 9.17) is 5.11 Å². The lowest BCUT2D eigenvalue weighted by Crippen LogP contribution is -2.16. The Labute approximate surface area is 111 Å². The van der Waals surface area contributed by atoms with Gasteiger partial charge in [-0.25, -0.2) is 9.37 Å². The number of rotatable bonds is 3. The van der Waals surface area contributed by atoms with E-state index in [-0.39, 0.29) is 23.6 Å². The number of aromatic nitrogens is 1. The molecule has 1 N–H and O–H groups in total. The molecule has 0 saturated carbocycles. The van der Waals surface area contributed by atoms with Crippen LogP contribution in [0.4, 0.5) is 17.6 Å². The molecule has 2 aromatic rings. The van der Waals surface area contributed by atoms with Crippen molar-refractivity contribution < 1.29 is 27.4 Å². The monoisotopic (exact) mass is 287 g/mol. The Hall–Kier alpha value is -2.15. The Morgan fingerprint density at radius 1 is 1.05 bits per heavy atom. The number of hydrogen-bond donors (Lipinski definition) is 1. The molecule has 1 heterocycles. The van der Waals surface area contributed by atoms with Crippen molar-refractivity contribution in [1.29, 1.82) is 0 Å². The molecule has 0 atom stereocenters. The highest BCUT2D eigenvalue weighted by Gasteiger charge is 2.31. The van der Waals surface area contributed by atoms with E-state index >= 15 is 0 Å². The van der Waals surface area contributed by atoms with Gasteiger partial charge in [0.05, 0.1) is 12.3 Å². The van der Waals surface area contributed by atoms with Crippen molar-refractivity contribution in [3.8, 4) is 17.0 Å². The van der Waals surface area contributed by atoms with Crippen molar-refractivity contribution in [3.05, 3.63) is 47.9 Å². The van der Waals surface area contributed by atoms with E-state index in [1.54, 1.807) is 0 Å². The molecule has 0 aliphatic rings. The quantitative estimate of drug-likeness (QED) is 0.881. The lowest BCUT2D eigenvalue weighted by atomic mass is 10.1. The summed E-state index contributed by atoms with van der Waals surface area (Å²) in [6, 6.07) is 7.10. The second kappa shape index (κ2) is 5.46. The molecule has 2 rings (SSSR count). The number of aliphatic hydroxyl groups excluding tert-OH is 1. The fourth-order valence-electron chi connectivity index (χ4n) is 1.59. The highest BCUT2D eigenvalue weighted by atomic mass is 19.4. The van der Waals surface area contributed by atoms with Crippen molar-refractivity contribution in [2.45, 2.75) is 13.0 Å². The van der Waals surface area contributed by atoms with Crippen LogP contribution in [0, 0.1) is 5.82 Å². The third-order valence-electron chi connectivity index (χ3n) is 2.43. The third kappa shape index (κ3) is 3.45. The highest BCUT2D eigenvalue weighted by Crippen LogP contribution is 2.27. The number of aliphatic hydroxyl groups is 1. The van der Waals surface area contributed by atoms with Crippen molar-refractivity contribution in [3.63, 3.8) is 0 Å². The van der Waals surface area contributed by atoms with E-state index in [0.29, 0.717) is 0 Å². The number of pyridine rings is 1. The van der Waals surface area contributed by atoms with Crippen LogP contribution < -0.4 is 4.74 Å². The van der Waals surface area contributed by atoms with Crippen LogP contribution in [0.25, 0.3) is 11.3 Å². The van der Waals surface area contributed by atoms with Gasteiger partial charge in [0.1, 0.15) is 17.3 Å². The second-order valence-electron chi connectivity index (χ2n) is 3.86. The van der Waals surface area contributed by atoms with Crippen molar-refractivity contribution >= 4 is 0 Å². The Kier molecular flexibility index (Phi) is 3.89. The highest BCUT2D eigenvalue weighted by molar-refractivity contribution is 5.60. The molecule has 0 radical (unpaired) electrons. The number of alkyl halides is 3. The molecule has 1 aromatic heterocycles. The predicted molar refractivity (Wildman–Crippen MR) is 62.2 cm³/mol. The minimum absolute atomic E-state index is 0.0462. The molecule has 106 valence electrons. The summed E-state index contributed by atoms with van der Waals surface area (Å²) in [5.74, 6) is -1.04. The van der Waals surface area contributed by atoms with E-state index in [9.17, 15) is 17.6 Å². The number of hydrogen-bond acceptors (Lipinski definition) is 3. The minimum atomic E-state index is -4.78. The summed E-state index contributed by atoms with van der Waals surface area (Å²) < 4.78 is 53.3.